The summed E-state index contributed by atoms with van der Waals surface area (Å²) in [6, 6.07) is 26.3. The van der Waals surface area contributed by atoms with Crippen molar-refractivity contribution >= 4 is 6.08 Å². The summed E-state index contributed by atoms with van der Waals surface area (Å²) in [5.74, 6) is 0.334. The lowest BCUT2D eigenvalue weighted by Crippen LogP contribution is -2.02. The number of aryl methyl sites for hydroxylation is 3. The van der Waals surface area contributed by atoms with Gasteiger partial charge in [0.1, 0.15) is 0 Å². The van der Waals surface area contributed by atoms with Gasteiger partial charge in [0.15, 0.2) is 0 Å². The predicted molar refractivity (Wildman–Crippen MR) is 130 cm³/mol. The molecule has 4 rings (SSSR count). The van der Waals surface area contributed by atoms with Crippen molar-refractivity contribution < 1.29 is 0 Å². The highest BCUT2D eigenvalue weighted by atomic mass is 15.0. The molecule has 0 saturated carbocycles. The molecule has 0 saturated heterocycles. The second kappa shape index (κ2) is 9.61. The van der Waals surface area contributed by atoms with Gasteiger partial charge < -0.3 is 4.57 Å². The van der Waals surface area contributed by atoms with E-state index in [-0.39, 0.29) is 0 Å². The first-order valence-corrected chi connectivity index (χ1v) is 10.9. The Bertz CT molecular complexity index is 1150. The Hall–Kier alpha value is -3.39. The Balaban J connectivity index is 1.59. The molecule has 4 aromatic rings. The lowest BCUT2D eigenvalue weighted by molar-refractivity contribution is 0.787. The highest BCUT2D eigenvalue weighted by molar-refractivity contribution is 5.46. The van der Waals surface area contributed by atoms with E-state index in [1.54, 1.807) is 0 Å². The Labute approximate surface area is 185 Å². The minimum atomic E-state index is 0.334. The first-order chi connectivity index (χ1) is 15.1. The fourth-order valence-electron chi connectivity index (χ4n) is 4.27. The summed E-state index contributed by atoms with van der Waals surface area (Å²) >= 11 is 0. The van der Waals surface area contributed by atoms with Gasteiger partial charge in [-0.3, -0.25) is 0 Å². The van der Waals surface area contributed by atoms with Gasteiger partial charge in [-0.15, -0.1) is 0 Å². The first-order valence-electron chi connectivity index (χ1n) is 10.9. The van der Waals surface area contributed by atoms with Crippen molar-refractivity contribution in [1.82, 2.24) is 9.55 Å². The van der Waals surface area contributed by atoms with Gasteiger partial charge in [-0.25, -0.2) is 4.98 Å². The minimum Gasteiger partial charge on any atom is -0.327 e. The highest BCUT2D eigenvalue weighted by Crippen LogP contribution is 2.30. The van der Waals surface area contributed by atoms with Crippen LogP contribution >= 0.6 is 0 Å². The van der Waals surface area contributed by atoms with E-state index >= 15 is 0 Å². The molecule has 2 nitrogen and oxygen atoms in total. The molecule has 0 spiro atoms. The van der Waals surface area contributed by atoms with Crippen molar-refractivity contribution in [1.29, 1.82) is 0 Å². The SMILES string of the molecule is Cc1cccc(C(CC=Cc2cncn2Cc2ccccc2)c2cc(C)cc(C)c2)c1. The van der Waals surface area contributed by atoms with E-state index in [0.717, 1.165) is 18.7 Å². The third-order valence-corrected chi connectivity index (χ3v) is 5.69. The Kier molecular flexibility index (Phi) is 6.47. The molecule has 1 heterocycles. The smallest absolute Gasteiger partial charge is 0.0953 e. The highest BCUT2D eigenvalue weighted by Gasteiger charge is 2.14. The lowest BCUT2D eigenvalue weighted by atomic mass is 9.86. The van der Waals surface area contributed by atoms with Crippen molar-refractivity contribution in [3.8, 4) is 0 Å². The van der Waals surface area contributed by atoms with E-state index in [4.69, 9.17) is 0 Å². The summed E-state index contributed by atoms with van der Waals surface area (Å²) in [5.41, 5.74) is 9.10. The molecule has 1 atom stereocenters. The minimum absolute atomic E-state index is 0.334. The van der Waals surface area contributed by atoms with Crippen LogP contribution in [0.15, 0.2) is 91.4 Å². The maximum atomic E-state index is 4.38. The lowest BCUT2D eigenvalue weighted by Gasteiger charge is -2.18. The molecule has 31 heavy (non-hydrogen) atoms. The van der Waals surface area contributed by atoms with Crippen molar-refractivity contribution in [3.63, 3.8) is 0 Å². The Morgan fingerprint density at radius 3 is 2.29 bits per heavy atom. The average Bonchev–Trinajstić information content (AvgIpc) is 3.18. The number of allylic oxidation sites excluding steroid dienone is 1. The second-order valence-electron chi connectivity index (χ2n) is 8.46. The summed E-state index contributed by atoms with van der Waals surface area (Å²) in [7, 11) is 0. The van der Waals surface area contributed by atoms with Gasteiger partial charge in [0.25, 0.3) is 0 Å². The van der Waals surface area contributed by atoms with Gasteiger partial charge in [-0.2, -0.15) is 0 Å². The predicted octanol–water partition coefficient (Wildman–Crippen LogP) is 7.09. The number of rotatable bonds is 7. The Morgan fingerprint density at radius 1 is 0.806 bits per heavy atom. The fraction of sp³-hybridized carbons (Fsp3) is 0.207. The van der Waals surface area contributed by atoms with Gasteiger partial charge in [-0.1, -0.05) is 95.6 Å². The van der Waals surface area contributed by atoms with Crippen molar-refractivity contribution in [2.45, 2.75) is 39.7 Å². The molecule has 0 aliphatic rings. The van der Waals surface area contributed by atoms with Crippen LogP contribution in [-0.2, 0) is 6.54 Å². The molecule has 156 valence electrons. The van der Waals surface area contributed by atoms with Gasteiger partial charge in [0.2, 0.25) is 0 Å². The van der Waals surface area contributed by atoms with E-state index in [2.05, 4.69) is 115 Å². The molecule has 1 unspecified atom stereocenters. The molecular weight excluding hydrogens is 376 g/mol. The van der Waals surface area contributed by atoms with E-state index in [0.29, 0.717) is 5.92 Å². The largest absolute Gasteiger partial charge is 0.327 e. The normalized spacial score (nSPS) is 12.4. The molecule has 2 heteroatoms. The second-order valence-corrected chi connectivity index (χ2v) is 8.46. The van der Waals surface area contributed by atoms with E-state index in [1.807, 2.05) is 12.5 Å². The van der Waals surface area contributed by atoms with Gasteiger partial charge >= 0.3 is 0 Å². The van der Waals surface area contributed by atoms with Crippen LogP contribution in [0.1, 0.15) is 51.4 Å². The summed E-state index contributed by atoms with van der Waals surface area (Å²) in [6.07, 6.45) is 9.31. The molecule has 0 N–H and O–H groups in total. The van der Waals surface area contributed by atoms with Crippen LogP contribution in [0.3, 0.4) is 0 Å². The van der Waals surface area contributed by atoms with Crippen LogP contribution in [0, 0.1) is 20.8 Å². The number of nitrogens with zero attached hydrogens (tertiary/aromatic N) is 2. The fourth-order valence-corrected chi connectivity index (χ4v) is 4.27. The molecule has 0 fully saturated rings. The molecule has 0 aliphatic heterocycles. The van der Waals surface area contributed by atoms with Gasteiger partial charge in [0.05, 0.1) is 18.2 Å². The van der Waals surface area contributed by atoms with Gasteiger partial charge in [-0.05, 0) is 50.0 Å². The summed E-state index contributed by atoms with van der Waals surface area (Å²) in [4.78, 5) is 4.38. The quantitative estimate of drug-likeness (QED) is 0.320. The first kappa shape index (κ1) is 20.9. The van der Waals surface area contributed by atoms with Crippen LogP contribution in [0.5, 0.6) is 0 Å². The molecule has 0 bridgehead atoms. The molecule has 1 aromatic heterocycles. The maximum Gasteiger partial charge on any atom is 0.0953 e. The van der Waals surface area contributed by atoms with E-state index in [9.17, 15) is 0 Å². The number of imidazole rings is 1. The zero-order valence-electron chi connectivity index (χ0n) is 18.6. The third kappa shape index (κ3) is 5.40. The standard InChI is InChI=1S/C29H30N2/c1-22-9-7-12-26(16-22)29(27-17-23(2)15-24(3)18-27)14-8-13-28-19-30-21-31(28)20-25-10-5-4-6-11-25/h4-13,15-19,21,29H,14,20H2,1-3H3. The van der Waals surface area contributed by atoms with Crippen LogP contribution in [0.4, 0.5) is 0 Å². The molecular formula is C29H30N2. The topological polar surface area (TPSA) is 17.8 Å². The third-order valence-electron chi connectivity index (χ3n) is 5.69. The number of hydrogen-bond acceptors (Lipinski definition) is 1. The van der Waals surface area contributed by atoms with Crippen molar-refractivity contribution in [2.75, 3.05) is 0 Å². The number of benzene rings is 3. The molecule has 3 aromatic carbocycles. The number of aromatic nitrogens is 2. The average molecular weight is 407 g/mol. The van der Waals surface area contributed by atoms with Crippen LogP contribution in [-0.4, -0.2) is 9.55 Å². The van der Waals surface area contributed by atoms with Crippen LogP contribution < -0.4 is 0 Å². The van der Waals surface area contributed by atoms with E-state index < -0.39 is 0 Å². The maximum absolute atomic E-state index is 4.38. The summed E-state index contributed by atoms with van der Waals surface area (Å²) in [6.45, 7) is 7.36. The zero-order valence-corrected chi connectivity index (χ0v) is 18.6. The molecule has 0 amide bonds. The van der Waals surface area contributed by atoms with Crippen molar-refractivity contribution in [3.05, 3.63) is 130 Å². The van der Waals surface area contributed by atoms with Crippen LogP contribution in [0.2, 0.25) is 0 Å². The Morgan fingerprint density at radius 2 is 1.55 bits per heavy atom. The van der Waals surface area contributed by atoms with Crippen molar-refractivity contribution in [2.24, 2.45) is 0 Å². The zero-order chi connectivity index (χ0) is 21.6. The summed E-state index contributed by atoms with van der Waals surface area (Å²) < 4.78 is 2.20. The molecule has 0 radical (unpaired) electrons. The van der Waals surface area contributed by atoms with E-state index in [1.165, 1.54) is 33.4 Å². The van der Waals surface area contributed by atoms with Gasteiger partial charge in [0, 0.05) is 12.5 Å². The molecule has 0 aliphatic carbocycles. The monoisotopic (exact) mass is 406 g/mol. The van der Waals surface area contributed by atoms with Crippen LogP contribution in [0.25, 0.3) is 6.08 Å². The number of hydrogen-bond donors (Lipinski definition) is 0. The summed E-state index contributed by atoms with van der Waals surface area (Å²) in [5, 5.41) is 0.